The number of carbonyl (C=O) groups excluding carboxylic acids is 1. The predicted octanol–water partition coefficient (Wildman–Crippen LogP) is 4.17. The number of ether oxygens (including phenoxy) is 1. The number of imidazole rings is 1. The number of methoxy groups -OCH3 is 1. The standard InChI is InChI=1S/C24H30N4O2/c1-4-21-23(26(2)16-18-8-11-20(30-3)12-9-18)28-17-19(10-13-22(28)25-21)24(29)27-14-6-5-7-15-27/h8-13,17H,4-7,14-16H2,1-3H3. The van der Waals surface area contributed by atoms with E-state index in [9.17, 15) is 4.79 Å². The topological polar surface area (TPSA) is 50.1 Å². The molecule has 1 fully saturated rings. The maximum atomic E-state index is 13.0. The summed E-state index contributed by atoms with van der Waals surface area (Å²) in [6.07, 6.45) is 6.19. The van der Waals surface area contributed by atoms with Crippen LogP contribution in [-0.4, -0.2) is 47.4 Å². The Hall–Kier alpha value is -3.02. The van der Waals surface area contributed by atoms with Gasteiger partial charge in [-0.25, -0.2) is 4.98 Å². The van der Waals surface area contributed by atoms with Crippen LogP contribution in [0.5, 0.6) is 5.75 Å². The first kappa shape index (κ1) is 20.3. The first-order valence-corrected chi connectivity index (χ1v) is 10.7. The number of fused-ring (bicyclic) bond motifs is 1. The van der Waals surface area contributed by atoms with E-state index in [2.05, 4.69) is 35.4 Å². The largest absolute Gasteiger partial charge is 0.497 e. The second-order valence-electron chi connectivity index (χ2n) is 7.94. The molecule has 1 saturated heterocycles. The lowest BCUT2D eigenvalue weighted by atomic mass is 10.1. The third kappa shape index (κ3) is 3.99. The SMILES string of the molecule is CCc1nc2ccc(C(=O)N3CCCCC3)cn2c1N(C)Cc1ccc(OC)cc1. The van der Waals surface area contributed by atoms with Gasteiger partial charge in [-0.3, -0.25) is 9.20 Å². The van der Waals surface area contributed by atoms with E-state index in [1.54, 1.807) is 7.11 Å². The lowest BCUT2D eigenvalue weighted by Gasteiger charge is -2.27. The molecule has 158 valence electrons. The second kappa shape index (κ2) is 8.78. The van der Waals surface area contributed by atoms with Gasteiger partial charge in [0.05, 0.1) is 18.4 Å². The van der Waals surface area contributed by atoms with E-state index in [1.807, 2.05) is 35.4 Å². The van der Waals surface area contributed by atoms with E-state index >= 15 is 0 Å². The fourth-order valence-corrected chi connectivity index (χ4v) is 4.21. The number of piperidine rings is 1. The van der Waals surface area contributed by atoms with E-state index in [1.165, 1.54) is 12.0 Å². The molecule has 1 aliphatic rings. The van der Waals surface area contributed by atoms with E-state index in [0.29, 0.717) is 0 Å². The number of anilines is 1. The Morgan fingerprint density at radius 1 is 1.10 bits per heavy atom. The smallest absolute Gasteiger partial charge is 0.255 e. The molecule has 6 heteroatoms. The molecule has 0 spiro atoms. The number of carbonyl (C=O) groups is 1. The molecule has 1 aliphatic heterocycles. The molecule has 0 saturated carbocycles. The Balaban J connectivity index is 1.65. The number of nitrogens with zero attached hydrogens (tertiary/aromatic N) is 4. The molecule has 1 aromatic carbocycles. The van der Waals surface area contributed by atoms with Crippen LogP contribution in [-0.2, 0) is 13.0 Å². The van der Waals surface area contributed by atoms with E-state index in [-0.39, 0.29) is 5.91 Å². The van der Waals surface area contributed by atoms with E-state index < -0.39 is 0 Å². The van der Waals surface area contributed by atoms with Gasteiger partial charge in [-0.2, -0.15) is 0 Å². The van der Waals surface area contributed by atoms with Crippen molar-refractivity contribution in [2.75, 3.05) is 32.1 Å². The molecule has 6 nitrogen and oxygen atoms in total. The van der Waals surface area contributed by atoms with Gasteiger partial charge < -0.3 is 14.5 Å². The molecule has 3 aromatic rings. The molecule has 0 bridgehead atoms. The van der Waals surface area contributed by atoms with Gasteiger partial charge in [-0.15, -0.1) is 0 Å². The normalized spacial score (nSPS) is 14.2. The Bertz CT molecular complexity index is 1020. The molecule has 1 amide bonds. The van der Waals surface area contributed by atoms with Crippen molar-refractivity contribution < 1.29 is 9.53 Å². The van der Waals surface area contributed by atoms with Crippen molar-refractivity contribution in [3.8, 4) is 5.75 Å². The average molecular weight is 407 g/mol. The molecule has 0 radical (unpaired) electrons. The maximum Gasteiger partial charge on any atom is 0.255 e. The summed E-state index contributed by atoms with van der Waals surface area (Å²) >= 11 is 0. The van der Waals surface area contributed by atoms with Gasteiger partial charge in [0.15, 0.2) is 0 Å². The van der Waals surface area contributed by atoms with Crippen LogP contribution < -0.4 is 9.64 Å². The minimum Gasteiger partial charge on any atom is -0.497 e. The van der Waals surface area contributed by atoms with Crippen LogP contribution in [0.1, 0.15) is 47.8 Å². The molecular weight excluding hydrogens is 376 g/mol. The summed E-state index contributed by atoms with van der Waals surface area (Å²) in [7, 11) is 3.75. The first-order chi connectivity index (χ1) is 14.6. The quantitative estimate of drug-likeness (QED) is 0.617. The lowest BCUT2D eigenvalue weighted by Crippen LogP contribution is -2.35. The second-order valence-corrected chi connectivity index (χ2v) is 7.94. The van der Waals surface area contributed by atoms with Gasteiger partial charge in [0.2, 0.25) is 0 Å². The van der Waals surface area contributed by atoms with Crippen molar-refractivity contribution in [3.05, 3.63) is 59.4 Å². The van der Waals surface area contributed by atoms with Crippen LogP contribution in [0.3, 0.4) is 0 Å². The number of hydrogen-bond donors (Lipinski definition) is 0. The number of amides is 1. The van der Waals surface area contributed by atoms with E-state index in [4.69, 9.17) is 9.72 Å². The zero-order chi connectivity index (χ0) is 21.1. The summed E-state index contributed by atoms with van der Waals surface area (Å²) in [6.45, 7) is 4.57. The fourth-order valence-electron chi connectivity index (χ4n) is 4.21. The Morgan fingerprint density at radius 3 is 2.50 bits per heavy atom. The number of aromatic nitrogens is 2. The van der Waals surface area contributed by atoms with Gasteiger partial charge in [-0.05, 0) is 55.5 Å². The van der Waals surface area contributed by atoms with Gasteiger partial charge in [-0.1, -0.05) is 19.1 Å². The fraction of sp³-hybridized carbons (Fsp3) is 0.417. The number of rotatable bonds is 6. The van der Waals surface area contributed by atoms with Crippen molar-refractivity contribution in [2.45, 2.75) is 39.2 Å². The zero-order valence-corrected chi connectivity index (χ0v) is 18.1. The number of likely N-dealkylation sites (tertiary alicyclic amines) is 1. The third-order valence-corrected chi connectivity index (χ3v) is 5.83. The summed E-state index contributed by atoms with van der Waals surface area (Å²) in [5, 5.41) is 0. The highest BCUT2D eigenvalue weighted by molar-refractivity contribution is 5.94. The van der Waals surface area contributed by atoms with Crippen molar-refractivity contribution in [1.29, 1.82) is 0 Å². The molecule has 30 heavy (non-hydrogen) atoms. The van der Waals surface area contributed by atoms with Crippen LogP contribution in [0.25, 0.3) is 5.65 Å². The minimum atomic E-state index is 0.118. The maximum absolute atomic E-state index is 13.0. The zero-order valence-electron chi connectivity index (χ0n) is 18.1. The highest BCUT2D eigenvalue weighted by Gasteiger charge is 2.21. The number of pyridine rings is 1. The molecule has 0 unspecified atom stereocenters. The molecule has 3 heterocycles. The summed E-state index contributed by atoms with van der Waals surface area (Å²) in [4.78, 5) is 22.0. The number of benzene rings is 1. The van der Waals surface area contributed by atoms with Crippen molar-refractivity contribution in [2.24, 2.45) is 0 Å². The average Bonchev–Trinajstić information content (AvgIpc) is 3.17. The molecular formula is C24H30N4O2. The number of hydrogen-bond acceptors (Lipinski definition) is 4. The Kier molecular flexibility index (Phi) is 5.93. The van der Waals surface area contributed by atoms with Crippen LogP contribution in [0.4, 0.5) is 5.82 Å². The summed E-state index contributed by atoms with van der Waals surface area (Å²) < 4.78 is 7.33. The highest BCUT2D eigenvalue weighted by atomic mass is 16.5. The monoisotopic (exact) mass is 406 g/mol. The van der Waals surface area contributed by atoms with Gasteiger partial charge in [0.25, 0.3) is 5.91 Å². The first-order valence-electron chi connectivity index (χ1n) is 10.7. The van der Waals surface area contributed by atoms with Crippen LogP contribution in [0, 0.1) is 0 Å². The Morgan fingerprint density at radius 2 is 1.83 bits per heavy atom. The number of aryl methyl sites for hydroxylation is 1. The lowest BCUT2D eigenvalue weighted by molar-refractivity contribution is 0.0724. The predicted molar refractivity (Wildman–Crippen MR) is 119 cm³/mol. The molecule has 0 atom stereocenters. The molecule has 4 rings (SSSR count). The van der Waals surface area contributed by atoms with Crippen LogP contribution in [0.15, 0.2) is 42.6 Å². The van der Waals surface area contributed by atoms with E-state index in [0.717, 1.165) is 67.4 Å². The summed E-state index contributed by atoms with van der Waals surface area (Å²) in [6, 6.07) is 12.0. The van der Waals surface area contributed by atoms with Gasteiger partial charge in [0.1, 0.15) is 17.2 Å². The van der Waals surface area contributed by atoms with Crippen LogP contribution >= 0.6 is 0 Å². The van der Waals surface area contributed by atoms with Gasteiger partial charge >= 0.3 is 0 Å². The summed E-state index contributed by atoms with van der Waals surface area (Å²) in [5.41, 5.74) is 3.83. The summed E-state index contributed by atoms with van der Waals surface area (Å²) in [5.74, 6) is 2.01. The molecule has 0 aliphatic carbocycles. The van der Waals surface area contributed by atoms with Crippen LogP contribution in [0.2, 0.25) is 0 Å². The molecule has 2 aromatic heterocycles. The highest BCUT2D eigenvalue weighted by Crippen LogP contribution is 2.25. The Labute approximate surface area is 178 Å². The third-order valence-electron chi connectivity index (χ3n) is 5.83. The molecule has 0 N–H and O–H groups in total. The van der Waals surface area contributed by atoms with Crippen molar-refractivity contribution in [1.82, 2.24) is 14.3 Å². The van der Waals surface area contributed by atoms with Gasteiger partial charge in [0, 0.05) is 32.9 Å². The minimum absolute atomic E-state index is 0.118. The van der Waals surface area contributed by atoms with Crippen molar-refractivity contribution in [3.63, 3.8) is 0 Å². The van der Waals surface area contributed by atoms with Crippen molar-refractivity contribution >= 4 is 17.4 Å².